The fourth-order valence-corrected chi connectivity index (χ4v) is 2.94. The minimum Gasteiger partial charge on any atom is -0.340 e. The van der Waals surface area contributed by atoms with Crippen LogP contribution in [0.5, 0.6) is 0 Å². The van der Waals surface area contributed by atoms with Crippen LogP contribution in [-0.2, 0) is 13.5 Å². The maximum Gasteiger partial charge on any atom is 0.193 e. The molecule has 0 bridgehead atoms. The Balaban J connectivity index is 1.82. The molecule has 3 heterocycles. The van der Waals surface area contributed by atoms with E-state index in [0.29, 0.717) is 0 Å². The summed E-state index contributed by atoms with van der Waals surface area (Å²) in [5.74, 6) is 0. The third-order valence-electron chi connectivity index (χ3n) is 3.09. The van der Waals surface area contributed by atoms with Crippen LogP contribution in [0.15, 0.2) is 30.3 Å². The second kappa shape index (κ2) is 5.14. The van der Waals surface area contributed by atoms with Crippen LogP contribution in [-0.4, -0.2) is 25.5 Å². The summed E-state index contributed by atoms with van der Waals surface area (Å²) >= 11 is 1.66. The summed E-state index contributed by atoms with van der Waals surface area (Å²) in [6.07, 6.45) is 8.90. The van der Waals surface area contributed by atoms with Gasteiger partial charge in [-0.2, -0.15) is 0 Å². The lowest BCUT2D eigenvalue weighted by atomic mass is 10.1. The Morgan fingerprint density at radius 2 is 2.32 bits per heavy atom. The van der Waals surface area contributed by atoms with Crippen molar-refractivity contribution in [1.82, 2.24) is 24.3 Å². The molecule has 0 aliphatic heterocycles. The molecule has 100 valence electrons. The van der Waals surface area contributed by atoms with Crippen LogP contribution in [0.4, 0.5) is 0 Å². The van der Waals surface area contributed by atoms with Crippen molar-refractivity contribution in [3.63, 3.8) is 0 Å². The molecule has 3 aromatic rings. The van der Waals surface area contributed by atoms with Gasteiger partial charge in [-0.3, -0.25) is 4.40 Å². The van der Waals surface area contributed by atoms with Crippen molar-refractivity contribution in [1.29, 1.82) is 0 Å². The largest absolute Gasteiger partial charge is 0.340 e. The van der Waals surface area contributed by atoms with Crippen LogP contribution in [0.2, 0.25) is 0 Å². The molecule has 1 N–H and O–H groups in total. The molecule has 0 aliphatic carbocycles. The lowest BCUT2D eigenvalue weighted by Crippen LogP contribution is -2.23. The highest BCUT2D eigenvalue weighted by molar-refractivity contribution is 7.15. The molecule has 0 aromatic carbocycles. The van der Waals surface area contributed by atoms with Gasteiger partial charge in [-0.05, 0) is 6.54 Å². The van der Waals surface area contributed by atoms with E-state index in [-0.39, 0.29) is 6.04 Å². The standard InChI is InChI=1S/C13H17N5S/c1-3-14-11(12-8-17(2)9-15-12)6-10-7-18-4-5-19-13(18)16-10/h4-5,7-9,11,14H,3,6H2,1-2H3. The third kappa shape index (κ3) is 2.54. The average molecular weight is 275 g/mol. The van der Waals surface area contributed by atoms with Gasteiger partial charge in [0.25, 0.3) is 0 Å². The molecule has 0 amide bonds. The molecular formula is C13H17N5S. The van der Waals surface area contributed by atoms with Crippen molar-refractivity contribution in [3.8, 4) is 0 Å². The van der Waals surface area contributed by atoms with Gasteiger partial charge in [-0.25, -0.2) is 9.97 Å². The smallest absolute Gasteiger partial charge is 0.193 e. The van der Waals surface area contributed by atoms with E-state index in [0.717, 1.165) is 29.3 Å². The summed E-state index contributed by atoms with van der Waals surface area (Å²) in [7, 11) is 1.99. The van der Waals surface area contributed by atoms with Gasteiger partial charge in [0.05, 0.1) is 23.8 Å². The molecule has 3 aromatic heterocycles. The summed E-state index contributed by atoms with van der Waals surface area (Å²) in [5.41, 5.74) is 2.17. The summed E-state index contributed by atoms with van der Waals surface area (Å²) in [4.78, 5) is 10.1. The van der Waals surface area contributed by atoms with Crippen LogP contribution < -0.4 is 5.32 Å². The Morgan fingerprint density at radius 3 is 3.00 bits per heavy atom. The third-order valence-corrected chi connectivity index (χ3v) is 3.86. The fourth-order valence-electron chi connectivity index (χ4n) is 2.22. The van der Waals surface area contributed by atoms with Crippen molar-refractivity contribution in [2.24, 2.45) is 7.05 Å². The van der Waals surface area contributed by atoms with Gasteiger partial charge >= 0.3 is 0 Å². The van der Waals surface area contributed by atoms with Crippen LogP contribution in [0.1, 0.15) is 24.4 Å². The van der Waals surface area contributed by atoms with Gasteiger partial charge in [0, 0.05) is 37.4 Å². The molecule has 19 heavy (non-hydrogen) atoms. The van der Waals surface area contributed by atoms with Gasteiger partial charge in [0.2, 0.25) is 0 Å². The first kappa shape index (κ1) is 12.4. The zero-order chi connectivity index (χ0) is 13.2. The monoisotopic (exact) mass is 275 g/mol. The van der Waals surface area contributed by atoms with E-state index in [4.69, 9.17) is 0 Å². The highest BCUT2D eigenvalue weighted by atomic mass is 32.1. The molecule has 1 unspecified atom stereocenters. The van der Waals surface area contributed by atoms with E-state index in [9.17, 15) is 0 Å². The topological polar surface area (TPSA) is 47.1 Å². The quantitative estimate of drug-likeness (QED) is 0.775. The zero-order valence-corrected chi connectivity index (χ0v) is 11.9. The SMILES string of the molecule is CCNC(Cc1cn2ccsc2n1)c1cn(C)cn1. The van der Waals surface area contributed by atoms with Crippen molar-refractivity contribution < 1.29 is 0 Å². The van der Waals surface area contributed by atoms with Crippen molar-refractivity contribution in [3.05, 3.63) is 41.7 Å². The molecule has 5 nitrogen and oxygen atoms in total. The molecule has 1 atom stereocenters. The fraction of sp³-hybridized carbons (Fsp3) is 0.385. The first-order valence-electron chi connectivity index (χ1n) is 6.38. The lowest BCUT2D eigenvalue weighted by Gasteiger charge is -2.14. The van der Waals surface area contributed by atoms with E-state index in [1.807, 2.05) is 29.5 Å². The average Bonchev–Trinajstić information content (AvgIpc) is 3.03. The van der Waals surface area contributed by atoms with Gasteiger partial charge in [0.15, 0.2) is 4.96 Å². The second-order valence-electron chi connectivity index (χ2n) is 4.60. The Morgan fingerprint density at radius 1 is 1.42 bits per heavy atom. The van der Waals surface area contributed by atoms with Gasteiger partial charge in [0.1, 0.15) is 0 Å². The van der Waals surface area contributed by atoms with Crippen LogP contribution in [0, 0.1) is 0 Å². The molecule has 6 heteroatoms. The number of thiazole rings is 1. The Kier molecular flexibility index (Phi) is 3.35. The number of aromatic nitrogens is 4. The number of imidazole rings is 2. The number of nitrogens with zero attached hydrogens (tertiary/aromatic N) is 4. The number of nitrogens with one attached hydrogen (secondary N) is 1. The van der Waals surface area contributed by atoms with E-state index < -0.39 is 0 Å². The van der Waals surface area contributed by atoms with Crippen LogP contribution >= 0.6 is 11.3 Å². The Labute approximate surface area is 115 Å². The van der Waals surface area contributed by atoms with E-state index >= 15 is 0 Å². The molecule has 0 radical (unpaired) electrons. The van der Waals surface area contributed by atoms with Crippen molar-refractivity contribution in [2.75, 3.05) is 6.54 Å². The molecule has 0 saturated heterocycles. The summed E-state index contributed by atoms with van der Waals surface area (Å²) in [6, 6.07) is 0.218. The molecule has 0 aliphatic rings. The van der Waals surface area contributed by atoms with Gasteiger partial charge in [-0.1, -0.05) is 6.92 Å². The van der Waals surface area contributed by atoms with E-state index in [2.05, 4.69) is 39.0 Å². The second-order valence-corrected chi connectivity index (χ2v) is 5.48. The maximum atomic E-state index is 4.63. The van der Waals surface area contributed by atoms with Crippen molar-refractivity contribution >= 4 is 16.3 Å². The van der Waals surface area contributed by atoms with E-state index in [1.54, 1.807) is 11.3 Å². The molecule has 0 spiro atoms. The summed E-state index contributed by atoms with van der Waals surface area (Å²) in [5, 5.41) is 5.52. The predicted molar refractivity (Wildman–Crippen MR) is 76.4 cm³/mol. The molecule has 3 rings (SSSR count). The molecule has 0 saturated carbocycles. The van der Waals surface area contributed by atoms with Gasteiger partial charge in [-0.15, -0.1) is 11.3 Å². The number of hydrogen-bond acceptors (Lipinski definition) is 4. The predicted octanol–water partition coefficient (Wildman–Crippen LogP) is 2.02. The number of hydrogen-bond donors (Lipinski definition) is 1. The zero-order valence-electron chi connectivity index (χ0n) is 11.1. The molecule has 0 fully saturated rings. The number of likely N-dealkylation sites (N-methyl/N-ethyl adjacent to an activating group) is 1. The normalized spacial score (nSPS) is 13.2. The van der Waals surface area contributed by atoms with Crippen LogP contribution in [0.25, 0.3) is 4.96 Å². The summed E-state index contributed by atoms with van der Waals surface area (Å²) < 4.78 is 4.05. The number of rotatable bonds is 5. The van der Waals surface area contributed by atoms with Crippen LogP contribution in [0.3, 0.4) is 0 Å². The highest BCUT2D eigenvalue weighted by Gasteiger charge is 2.15. The summed E-state index contributed by atoms with van der Waals surface area (Å²) in [6.45, 7) is 3.03. The number of aryl methyl sites for hydroxylation is 1. The first-order valence-corrected chi connectivity index (χ1v) is 7.26. The molecular weight excluding hydrogens is 258 g/mol. The maximum absolute atomic E-state index is 4.63. The number of fused-ring (bicyclic) bond motifs is 1. The van der Waals surface area contributed by atoms with Crippen molar-refractivity contribution in [2.45, 2.75) is 19.4 Å². The highest BCUT2D eigenvalue weighted by Crippen LogP contribution is 2.18. The minimum absolute atomic E-state index is 0.218. The first-order chi connectivity index (χ1) is 9.26. The Hall–Kier alpha value is -1.66. The minimum atomic E-state index is 0.218. The lowest BCUT2D eigenvalue weighted by molar-refractivity contribution is 0.534. The Bertz CT molecular complexity index is 637. The van der Waals surface area contributed by atoms with E-state index in [1.165, 1.54) is 0 Å². The van der Waals surface area contributed by atoms with Gasteiger partial charge < -0.3 is 9.88 Å².